The van der Waals surface area contributed by atoms with E-state index in [9.17, 15) is 9.90 Å². The van der Waals surface area contributed by atoms with E-state index in [-0.39, 0.29) is 0 Å². The van der Waals surface area contributed by atoms with Crippen LogP contribution in [-0.4, -0.2) is 18.2 Å². The van der Waals surface area contributed by atoms with E-state index in [2.05, 4.69) is 5.32 Å². The number of hydrogen-bond acceptors (Lipinski definition) is 3. The molecule has 0 heterocycles. The van der Waals surface area contributed by atoms with Crippen molar-refractivity contribution < 1.29 is 14.6 Å². The van der Waals surface area contributed by atoms with Gasteiger partial charge in [-0.05, 0) is 16.7 Å². The summed E-state index contributed by atoms with van der Waals surface area (Å²) in [6.45, 7) is 1.04. The first-order valence-corrected chi connectivity index (χ1v) is 6.78. The first kappa shape index (κ1) is 15.2. The fraction of sp³-hybridized carbons (Fsp3) is 0.235. The second-order valence-electron chi connectivity index (χ2n) is 4.82. The molecule has 0 aliphatic heterocycles. The minimum Gasteiger partial charge on any atom is -0.480 e. The van der Waals surface area contributed by atoms with Crippen LogP contribution < -0.4 is 5.32 Å². The molecule has 21 heavy (non-hydrogen) atoms. The highest BCUT2D eigenvalue weighted by molar-refractivity contribution is 5.75. The number of carboxylic acids is 1. The molecule has 0 saturated carbocycles. The van der Waals surface area contributed by atoms with Gasteiger partial charge in [0.25, 0.3) is 0 Å². The number of benzene rings is 2. The molecule has 2 aromatic carbocycles. The normalized spacial score (nSPS) is 12.0. The molecule has 0 spiro atoms. The van der Waals surface area contributed by atoms with E-state index in [1.54, 1.807) is 7.11 Å². The first-order chi connectivity index (χ1) is 10.2. The molecule has 2 N–H and O–H groups in total. The Labute approximate surface area is 124 Å². The Hall–Kier alpha value is -2.17. The lowest BCUT2D eigenvalue weighted by molar-refractivity contribution is -0.139. The largest absolute Gasteiger partial charge is 0.480 e. The summed E-state index contributed by atoms with van der Waals surface area (Å²) in [5.41, 5.74) is 2.85. The van der Waals surface area contributed by atoms with Gasteiger partial charge in [0.2, 0.25) is 0 Å². The lowest BCUT2D eigenvalue weighted by Crippen LogP contribution is -2.28. The summed E-state index contributed by atoms with van der Waals surface area (Å²) in [5.74, 6) is -0.880. The van der Waals surface area contributed by atoms with Crippen molar-refractivity contribution in [2.45, 2.75) is 19.2 Å². The minimum atomic E-state index is -0.880. The lowest BCUT2D eigenvalue weighted by atomic mass is 10.1. The third-order valence-electron chi connectivity index (χ3n) is 3.19. The van der Waals surface area contributed by atoms with Gasteiger partial charge < -0.3 is 9.84 Å². The van der Waals surface area contributed by atoms with Crippen molar-refractivity contribution in [2.75, 3.05) is 7.11 Å². The van der Waals surface area contributed by atoms with Crippen molar-refractivity contribution in [3.05, 3.63) is 71.3 Å². The van der Waals surface area contributed by atoms with E-state index in [0.717, 1.165) is 16.7 Å². The van der Waals surface area contributed by atoms with Crippen molar-refractivity contribution in [2.24, 2.45) is 0 Å². The Kier molecular flexibility index (Phi) is 5.49. The SMILES string of the molecule is COCc1cccc(CNC(C(=O)O)c2ccccc2)c1. The maximum Gasteiger partial charge on any atom is 0.325 e. The third kappa shape index (κ3) is 4.41. The predicted molar refractivity (Wildman–Crippen MR) is 80.8 cm³/mol. The van der Waals surface area contributed by atoms with Crippen LogP contribution in [0.5, 0.6) is 0 Å². The van der Waals surface area contributed by atoms with Crippen LogP contribution in [0.15, 0.2) is 54.6 Å². The van der Waals surface area contributed by atoms with Gasteiger partial charge in [0.05, 0.1) is 6.61 Å². The maximum absolute atomic E-state index is 11.4. The van der Waals surface area contributed by atoms with E-state index in [4.69, 9.17) is 4.74 Å². The number of aliphatic carboxylic acids is 1. The quantitative estimate of drug-likeness (QED) is 0.821. The van der Waals surface area contributed by atoms with Crippen molar-refractivity contribution in [3.63, 3.8) is 0 Å². The van der Waals surface area contributed by atoms with Crippen LogP contribution in [0.2, 0.25) is 0 Å². The zero-order chi connectivity index (χ0) is 15.1. The molecule has 0 fully saturated rings. The van der Waals surface area contributed by atoms with Crippen LogP contribution in [0.1, 0.15) is 22.7 Å². The summed E-state index contributed by atoms with van der Waals surface area (Å²) < 4.78 is 5.10. The molecule has 4 heteroatoms. The fourth-order valence-electron chi connectivity index (χ4n) is 2.21. The Morgan fingerprint density at radius 2 is 1.86 bits per heavy atom. The number of hydrogen-bond donors (Lipinski definition) is 2. The third-order valence-corrected chi connectivity index (χ3v) is 3.19. The number of nitrogens with one attached hydrogen (secondary N) is 1. The number of methoxy groups -OCH3 is 1. The molecule has 0 bridgehead atoms. The first-order valence-electron chi connectivity index (χ1n) is 6.78. The average molecular weight is 285 g/mol. The molecule has 1 unspecified atom stereocenters. The lowest BCUT2D eigenvalue weighted by Gasteiger charge is -2.15. The smallest absolute Gasteiger partial charge is 0.325 e. The molecular weight excluding hydrogens is 266 g/mol. The van der Waals surface area contributed by atoms with Gasteiger partial charge in [-0.15, -0.1) is 0 Å². The fourth-order valence-corrected chi connectivity index (χ4v) is 2.21. The van der Waals surface area contributed by atoms with Gasteiger partial charge in [0.15, 0.2) is 0 Å². The number of carbonyl (C=O) groups is 1. The van der Waals surface area contributed by atoms with Gasteiger partial charge in [-0.25, -0.2) is 0 Å². The Balaban J connectivity index is 2.06. The van der Waals surface area contributed by atoms with E-state index < -0.39 is 12.0 Å². The van der Waals surface area contributed by atoms with Gasteiger partial charge >= 0.3 is 5.97 Å². The van der Waals surface area contributed by atoms with Crippen molar-refractivity contribution in [1.29, 1.82) is 0 Å². The van der Waals surface area contributed by atoms with Crippen LogP contribution in [0.25, 0.3) is 0 Å². The second-order valence-corrected chi connectivity index (χ2v) is 4.82. The second kappa shape index (κ2) is 7.57. The number of rotatable bonds is 7. The van der Waals surface area contributed by atoms with Crippen LogP contribution in [0, 0.1) is 0 Å². The van der Waals surface area contributed by atoms with Crippen LogP contribution in [0.3, 0.4) is 0 Å². The van der Waals surface area contributed by atoms with Gasteiger partial charge in [0.1, 0.15) is 6.04 Å². The molecule has 4 nitrogen and oxygen atoms in total. The topological polar surface area (TPSA) is 58.6 Å². The molecular formula is C17H19NO3. The monoisotopic (exact) mass is 285 g/mol. The highest BCUT2D eigenvalue weighted by atomic mass is 16.5. The minimum absolute atomic E-state index is 0.489. The van der Waals surface area contributed by atoms with E-state index >= 15 is 0 Å². The molecule has 2 aromatic rings. The zero-order valence-corrected chi connectivity index (χ0v) is 12.0. The standard InChI is InChI=1S/C17H19NO3/c1-21-12-14-7-5-6-13(10-14)11-18-16(17(19)20)15-8-3-2-4-9-15/h2-10,16,18H,11-12H2,1H3,(H,19,20). The summed E-state index contributed by atoms with van der Waals surface area (Å²) in [5, 5.41) is 12.4. The summed E-state index contributed by atoms with van der Waals surface area (Å²) in [4.78, 5) is 11.4. The molecule has 2 rings (SSSR count). The van der Waals surface area contributed by atoms with Gasteiger partial charge in [-0.3, -0.25) is 10.1 Å². The molecule has 0 aliphatic carbocycles. The summed E-state index contributed by atoms with van der Waals surface area (Å²) >= 11 is 0. The Morgan fingerprint density at radius 3 is 2.52 bits per heavy atom. The summed E-state index contributed by atoms with van der Waals surface area (Å²) in [6.07, 6.45) is 0. The van der Waals surface area contributed by atoms with Crippen molar-refractivity contribution in [1.82, 2.24) is 5.32 Å². The van der Waals surface area contributed by atoms with Crippen LogP contribution >= 0.6 is 0 Å². The molecule has 0 saturated heterocycles. The molecule has 0 radical (unpaired) electrons. The zero-order valence-electron chi connectivity index (χ0n) is 12.0. The van der Waals surface area contributed by atoms with Gasteiger partial charge in [-0.2, -0.15) is 0 Å². The van der Waals surface area contributed by atoms with Gasteiger partial charge in [-0.1, -0.05) is 54.6 Å². The Morgan fingerprint density at radius 1 is 1.14 bits per heavy atom. The van der Waals surface area contributed by atoms with Crippen molar-refractivity contribution in [3.8, 4) is 0 Å². The van der Waals surface area contributed by atoms with Crippen LogP contribution in [0.4, 0.5) is 0 Å². The molecule has 0 amide bonds. The highest BCUT2D eigenvalue weighted by Crippen LogP contribution is 2.14. The maximum atomic E-state index is 11.4. The number of carboxylic acid groups (broad SMARTS) is 1. The van der Waals surface area contributed by atoms with Crippen LogP contribution in [-0.2, 0) is 22.7 Å². The van der Waals surface area contributed by atoms with E-state index in [0.29, 0.717) is 13.2 Å². The predicted octanol–water partition coefficient (Wildman–Crippen LogP) is 2.75. The van der Waals surface area contributed by atoms with E-state index in [1.165, 1.54) is 0 Å². The van der Waals surface area contributed by atoms with Crippen molar-refractivity contribution >= 4 is 5.97 Å². The Bertz CT molecular complexity index is 584. The summed E-state index contributed by atoms with van der Waals surface area (Å²) in [6, 6.07) is 16.4. The molecule has 1 atom stereocenters. The van der Waals surface area contributed by atoms with E-state index in [1.807, 2.05) is 54.6 Å². The molecule has 0 aliphatic rings. The summed E-state index contributed by atoms with van der Waals surface area (Å²) in [7, 11) is 1.65. The molecule has 110 valence electrons. The molecule has 0 aromatic heterocycles. The number of ether oxygens (including phenoxy) is 1. The van der Waals surface area contributed by atoms with Gasteiger partial charge in [0, 0.05) is 13.7 Å². The highest BCUT2D eigenvalue weighted by Gasteiger charge is 2.18. The average Bonchev–Trinajstić information content (AvgIpc) is 2.49.